The number of nitrogens with one attached hydrogen (secondary N) is 2. The van der Waals surface area contributed by atoms with Crippen LogP contribution in [0.25, 0.3) is 21.5 Å². The number of Topliss-reactive ketones (excluding diaryl/α,β-unsaturated/α-hetero) is 2. The van der Waals surface area contributed by atoms with E-state index < -0.39 is 34.6 Å². The van der Waals surface area contributed by atoms with Crippen molar-refractivity contribution < 1.29 is 28.7 Å². The van der Waals surface area contributed by atoms with E-state index in [1.807, 2.05) is 78.9 Å². The second kappa shape index (κ2) is 19.2. The van der Waals surface area contributed by atoms with Gasteiger partial charge in [0.1, 0.15) is 24.1 Å². The largest absolute Gasteiger partial charge is 0.458 e. The number of pyridine rings is 2. The van der Waals surface area contributed by atoms with Gasteiger partial charge in [0.05, 0.1) is 34.9 Å². The highest BCUT2D eigenvalue weighted by molar-refractivity contribution is 6.10. The van der Waals surface area contributed by atoms with Crippen molar-refractivity contribution in [3.63, 3.8) is 0 Å². The predicted octanol–water partition coefficient (Wildman–Crippen LogP) is 7.58. The monoisotopic (exact) mass is 848 g/mol. The van der Waals surface area contributed by atoms with Gasteiger partial charge < -0.3 is 20.1 Å². The fraction of sp³-hybridized carbons (Fsp3) is 0.234. The Labute approximate surface area is 360 Å². The van der Waals surface area contributed by atoms with Gasteiger partial charge in [-0.05, 0) is 52.5 Å². The van der Waals surface area contributed by atoms with Crippen LogP contribution >= 0.6 is 0 Å². The van der Waals surface area contributed by atoms with Gasteiger partial charge >= 0.3 is 11.9 Å². The van der Waals surface area contributed by atoms with Crippen molar-refractivity contribution in [1.29, 1.82) is 0 Å². The molecule has 2 N–H and O–H groups in total. The number of carbonyl (C=O) groups excluding carboxylic acids is 4. The van der Waals surface area contributed by atoms with Crippen molar-refractivity contribution in [2.75, 3.05) is 10.6 Å². The van der Waals surface area contributed by atoms with E-state index in [0.29, 0.717) is 11.4 Å². The van der Waals surface area contributed by atoms with Gasteiger partial charge in [-0.3, -0.25) is 29.1 Å². The molecular weight excluding hydrogens is 805 g/mol. The summed E-state index contributed by atoms with van der Waals surface area (Å²) < 4.78 is 13.2. The Morgan fingerprint density at radius 2 is 1.10 bits per heavy atom. The summed E-state index contributed by atoms with van der Waals surface area (Å²) in [4.78, 5) is 85.5. The topological polar surface area (TPSA) is 206 Å². The van der Waals surface area contributed by atoms with Gasteiger partial charge in [-0.15, -0.1) is 0 Å². The molecule has 4 heterocycles. The molecule has 0 aliphatic heterocycles. The molecule has 0 saturated heterocycles. The smallest absolute Gasteiger partial charge is 0.359 e. The fourth-order valence-electron chi connectivity index (χ4n) is 6.96. The average Bonchev–Trinajstić information content (AvgIpc) is 3.28. The summed E-state index contributed by atoms with van der Waals surface area (Å²) >= 11 is 0. The lowest BCUT2D eigenvalue weighted by Crippen LogP contribution is -2.33. The summed E-state index contributed by atoms with van der Waals surface area (Å²) in [6.45, 7) is 6.52. The zero-order valence-electron chi connectivity index (χ0n) is 35.1. The normalized spacial score (nSPS) is 12.1. The number of aromatic nitrogens is 6. The molecule has 63 heavy (non-hydrogen) atoms. The van der Waals surface area contributed by atoms with Crippen LogP contribution in [0.2, 0.25) is 0 Å². The molecule has 0 radical (unpaired) electrons. The predicted molar refractivity (Wildman–Crippen MR) is 237 cm³/mol. The Balaban J connectivity index is 0.000000190. The second-order valence-electron chi connectivity index (χ2n) is 14.6. The second-order valence-corrected chi connectivity index (χ2v) is 14.6. The third kappa shape index (κ3) is 9.39. The number of carbonyl (C=O) groups is 4. The van der Waals surface area contributed by atoms with E-state index in [0.717, 1.165) is 55.7 Å². The molecule has 0 spiro atoms. The Morgan fingerprint density at radius 3 is 1.54 bits per heavy atom. The van der Waals surface area contributed by atoms with Gasteiger partial charge in [0.2, 0.25) is 0 Å². The maximum atomic E-state index is 13.1. The Kier molecular flexibility index (Phi) is 13.2. The van der Waals surface area contributed by atoms with E-state index in [1.54, 1.807) is 38.6 Å². The van der Waals surface area contributed by atoms with Crippen LogP contribution in [0.1, 0.15) is 94.2 Å². The van der Waals surface area contributed by atoms with E-state index in [9.17, 15) is 28.8 Å². The molecular formula is C47H44N8O8. The maximum absolute atomic E-state index is 13.1. The van der Waals surface area contributed by atoms with Crippen LogP contribution in [0, 0.1) is 0 Å². The summed E-state index contributed by atoms with van der Waals surface area (Å²) in [5.41, 5.74) is 0.289. The number of rotatable bonds is 13. The molecule has 1 saturated carbocycles. The molecule has 7 aromatic rings. The molecule has 16 heteroatoms. The molecule has 0 bridgehead atoms. The lowest BCUT2D eigenvalue weighted by molar-refractivity contribution is 0.00790. The summed E-state index contributed by atoms with van der Waals surface area (Å²) in [7, 11) is 0. The minimum atomic E-state index is -0.787. The third-order valence-electron chi connectivity index (χ3n) is 10.4. The first kappa shape index (κ1) is 43.2. The van der Waals surface area contributed by atoms with Crippen LogP contribution in [-0.2, 0) is 29.2 Å². The molecule has 0 atom stereocenters. The average molecular weight is 849 g/mol. The molecule has 8 rings (SSSR count). The lowest BCUT2D eigenvalue weighted by atomic mass is 9.96. The SMILES string of the molecule is CCn1nc(C(=O)OC2CCC2)c(C(C)=O)c(Nc2cncc3ccccc23)c1=O.CCn1nc(C(=O)OCc2ccccc2)c(C(C)=O)c(Nc2cncc3ccccc23)c1=O. The summed E-state index contributed by atoms with van der Waals surface area (Å²) in [5, 5.41) is 17.8. The van der Waals surface area contributed by atoms with Crippen molar-refractivity contribution in [1.82, 2.24) is 29.5 Å². The molecule has 3 aromatic carbocycles. The van der Waals surface area contributed by atoms with E-state index in [1.165, 1.54) is 13.8 Å². The standard InChI is InChI=1S/C25H22N4O4.C22H22N4O4/c1-3-29-24(31)22(27-20-14-26-13-18-11-7-8-12-19(18)20)21(16(2)30)23(28-29)25(32)33-15-17-9-5-4-6-10-17;1-3-26-21(28)19(24-17-12-23-11-14-7-4-5-10-16(14)17)18(13(2)27)20(25-26)22(29)30-15-8-6-9-15/h4-14,27H,3,15H2,1-2H3;4-5,7,10-12,15,24H,3,6,8-9H2,1-2H3. The number of hydrogen-bond acceptors (Lipinski definition) is 14. The number of nitrogens with zero attached hydrogens (tertiary/aromatic N) is 6. The zero-order chi connectivity index (χ0) is 44.6. The number of ketones is 2. The molecule has 1 aliphatic carbocycles. The first-order valence-electron chi connectivity index (χ1n) is 20.4. The Hall–Kier alpha value is -7.88. The van der Waals surface area contributed by atoms with Crippen LogP contribution in [0.4, 0.5) is 22.7 Å². The van der Waals surface area contributed by atoms with Crippen LogP contribution in [0.3, 0.4) is 0 Å². The van der Waals surface area contributed by atoms with Crippen LogP contribution in [0.5, 0.6) is 0 Å². The van der Waals surface area contributed by atoms with Gasteiger partial charge in [-0.25, -0.2) is 19.0 Å². The van der Waals surface area contributed by atoms with Crippen LogP contribution in [0.15, 0.2) is 113 Å². The number of benzene rings is 3. The minimum absolute atomic E-state index is 0.00179. The summed E-state index contributed by atoms with van der Waals surface area (Å²) in [5.74, 6) is -2.40. The van der Waals surface area contributed by atoms with Gasteiger partial charge in [0, 0.05) is 47.0 Å². The van der Waals surface area contributed by atoms with Gasteiger partial charge in [0.15, 0.2) is 23.0 Å². The summed E-state index contributed by atoms with van der Waals surface area (Å²) in [6.07, 6.45) is 8.98. The number of fused-ring (bicyclic) bond motifs is 2. The number of aryl methyl sites for hydroxylation is 2. The van der Waals surface area contributed by atoms with E-state index in [4.69, 9.17) is 9.47 Å². The highest BCUT2D eigenvalue weighted by Gasteiger charge is 2.30. The van der Waals surface area contributed by atoms with E-state index in [-0.39, 0.29) is 59.7 Å². The van der Waals surface area contributed by atoms with E-state index in [2.05, 4.69) is 30.8 Å². The lowest BCUT2D eigenvalue weighted by Gasteiger charge is -2.25. The maximum Gasteiger partial charge on any atom is 0.359 e. The number of ether oxygens (including phenoxy) is 2. The molecule has 1 fully saturated rings. The molecule has 4 aromatic heterocycles. The third-order valence-corrected chi connectivity index (χ3v) is 10.4. The van der Waals surface area contributed by atoms with Crippen molar-refractivity contribution in [3.8, 4) is 0 Å². The molecule has 320 valence electrons. The minimum Gasteiger partial charge on any atom is -0.458 e. The number of esters is 2. The van der Waals surface area contributed by atoms with Crippen LogP contribution in [-0.4, -0.2) is 59.1 Å². The Morgan fingerprint density at radius 1 is 0.635 bits per heavy atom. The highest BCUT2D eigenvalue weighted by Crippen LogP contribution is 2.30. The van der Waals surface area contributed by atoms with Crippen molar-refractivity contribution >= 4 is 67.8 Å². The number of hydrogen-bond donors (Lipinski definition) is 2. The van der Waals surface area contributed by atoms with Crippen molar-refractivity contribution in [3.05, 3.63) is 152 Å². The first-order chi connectivity index (χ1) is 30.5. The van der Waals surface area contributed by atoms with Gasteiger partial charge in [-0.1, -0.05) is 78.9 Å². The first-order valence-corrected chi connectivity index (χ1v) is 20.4. The quantitative estimate of drug-likeness (QED) is 0.0848. The summed E-state index contributed by atoms with van der Waals surface area (Å²) in [6, 6.07) is 24.2. The zero-order valence-corrected chi connectivity index (χ0v) is 35.1. The number of anilines is 4. The Bertz CT molecular complexity index is 2990. The van der Waals surface area contributed by atoms with Gasteiger partial charge in [-0.2, -0.15) is 10.2 Å². The molecule has 16 nitrogen and oxygen atoms in total. The highest BCUT2D eigenvalue weighted by atomic mass is 16.5. The molecule has 1 aliphatic rings. The van der Waals surface area contributed by atoms with Gasteiger partial charge in [0.25, 0.3) is 11.1 Å². The van der Waals surface area contributed by atoms with Crippen molar-refractivity contribution in [2.24, 2.45) is 0 Å². The van der Waals surface area contributed by atoms with Crippen LogP contribution < -0.4 is 21.8 Å². The molecule has 0 amide bonds. The van der Waals surface area contributed by atoms with Crippen molar-refractivity contribution in [2.45, 2.75) is 72.8 Å². The molecule has 0 unspecified atom stereocenters. The fourth-order valence-corrected chi connectivity index (χ4v) is 6.96. The van der Waals surface area contributed by atoms with E-state index >= 15 is 0 Å².